The number of halogens is 2. The van der Waals surface area contributed by atoms with E-state index in [1.165, 1.54) is 13.2 Å². The Morgan fingerprint density at radius 1 is 1.25 bits per heavy atom. The van der Waals surface area contributed by atoms with Crippen LogP contribution < -0.4 is 15.2 Å². The molecule has 3 nitrogen and oxygen atoms in total. The number of nitrogens with two attached hydrogens (primary N) is 1. The van der Waals surface area contributed by atoms with Crippen LogP contribution in [0.25, 0.3) is 0 Å². The predicted molar refractivity (Wildman–Crippen MR) is 76.6 cm³/mol. The van der Waals surface area contributed by atoms with Crippen LogP contribution in [-0.2, 0) is 13.2 Å². The summed E-state index contributed by atoms with van der Waals surface area (Å²) in [6, 6.07) is 9.90. The second-order valence-corrected chi connectivity index (χ2v) is 4.57. The Morgan fingerprint density at radius 2 is 2.05 bits per heavy atom. The van der Waals surface area contributed by atoms with Gasteiger partial charge in [-0.3, -0.25) is 0 Å². The molecule has 2 aromatic carbocycles. The summed E-state index contributed by atoms with van der Waals surface area (Å²) in [4.78, 5) is 0. The number of hydrogen-bond donors (Lipinski definition) is 1. The molecule has 0 saturated heterocycles. The zero-order valence-corrected chi connectivity index (χ0v) is 11.8. The number of rotatable bonds is 5. The van der Waals surface area contributed by atoms with Gasteiger partial charge in [0.2, 0.25) is 0 Å². The Kier molecular flexibility index (Phi) is 4.82. The molecule has 0 atom stereocenters. The van der Waals surface area contributed by atoms with Crippen molar-refractivity contribution in [2.45, 2.75) is 13.2 Å². The highest BCUT2D eigenvalue weighted by Gasteiger charge is 2.09. The first kappa shape index (κ1) is 14.6. The lowest BCUT2D eigenvalue weighted by atomic mass is 10.2. The highest BCUT2D eigenvalue weighted by molar-refractivity contribution is 6.31. The fourth-order valence-corrected chi connectivity index (χ4v) is 2.04. The van der Waals surface area contributed by atoms with Crippen molar-refractivity contribution in [2.24, 2.45) is 5.73 Å². The maximum atomic E-state index is 13.8. The van der Waals surface area contributed by atoms with E-state index >= 15 is 0 Å². The van der Waals surface area contributed by atoms with Crippen molar-refractivity contribution in [3.63, 3.8) is 0 Å². The SMILES string of the molecule is COc1ccc(COc2cccc(Cl)c2CN)c(F)c1. The van der Waals surface area contributed by atoms with E-state index in [0.717, 1.165) is 0 Å². The largest absolute Gasteiger partial charge is 0.497 e. The average Bonchev–Trinajstić information content (AvgIpc) is 2.46. The molecule has 0 aliphatic heterocycles. The van der Waals surface area contributed by atoms with Gasteiger partial charge in [-0.15, -0.1) is 0 Å². The van der Waals surface area contributed by atoms with Gasteiger partial charge in [0.15, 0.2) is 0 Å². The van der Waals surface area contributed by atoms with Crippen LogP contribution in [0.3, 0.4) is 0 Å². The Balaban J connectivity index is 2.15. The maximum Gasteiger partial charge on any atom is 0.133 e. The summed E-state index contributed by atoms with van der Waals surface area (Å²) in [5.41, 5.74) is 6.78. The lowest BCUT2D eigenvalue weighted by Gasteiger charge is -2.12. The molecule has 0 aliphatic rings. The van der Waals surface area contributed by atoms with Crippen LogP contribution in [-0.4, -0.2) is 7.11 Å². The first-order chi connectivity index (χ1) is 9.65. The van der Waals surface area contributed by atoms with Crippen LogP contribution in [0, 0.1) is 5.82 Å². The standard InChI is InChI=1S/C15H15ClFNO2/c1-19-11-6-5-10(14(17)7-11)9-20-15-4-2-3-13(16)12(15)8-18/h2-7H,8-9,18H2,1H3. The third kappa shape index (κ3) is 3.21. The summed E-state index contributed by atoms with van der Waals surface area (Å²) >= 11 is 6.03. The molecule has 0 radical (unpaired) electrons. The molecular weight excluding hydrogens is 281 g/mol. The van der Waals surface area contributed by atoms with Gasteiger partial charge in [-0.05, 0) is 24.3 Å². The molecule has 0 saturated carbocycles. The Morgan fingerprint density at radius 3 is 2.70 bits per heavy atom. The molecule has 5 heteroatoms. The first-order valence-corrected chi connectivity index (χ1v) is 6.46. The van der Waals surface area contributed by atoms with Crippen molar-refractivity contribution in [3.05, 3.63) is 58.4 Å². The second kappa shape index (κ2) is 6.59. The van der Waals surface area contributed by atoms with E-state index in [1.807, 2.05) is 0 Å². The normalized spacial score (nSPS) is 10.4. The third-order valence-corrected chi connectivity index (χ3v) is 3.28. The van der Waals surface area contributed by atoms with E-state index in [-0.39, 0.29) is 19.0 Å². The minimum atomic E-state index is -0.374. The molecule has 0 spiro atoms. The zero-order valence-electron chi connectivity index (χ0n) is 11.0. The number of hydrogen-bond acceptors (Lipinski definition) is 3. The van der Waals surface area contributed by atoms with E-state index in [4.69, 9.17) is 26.8 Å². The van der Waals surface area contributed by atoms with Crippen LogP contribution in [0.5, 0.6) is 11.5 Å². The van der Waals surface area contributed by atoms with Crippen molar-refractivity contribution in [1.29, 1.82) is 0 Å². The summed E-state index contributed by atoms with van der Waals surface area (Å²) in [5, 5.41) is 0.542. The van der Waals surface area contributed by atoms with Gasteiger partial charge in [-0.2, -0.15) is 0 Å². The van der Waals surface area contributed by atoms with Gasteiger partial charge in [0.25, 0.3) is 0 Å². The van der Waals surface area contributed by atoms with Gasteiger partial charge < -0.3 is 15.2 Å². The van der Waals surface area contributed by atoms with Gasteiger partial charge in [-0.1, -0.05) is 17.7 Å². The molecule has 0 amide bonds. The summed E-state index contributed by atoms with van der Waals surface area (Å²) in [5.74, 6) is 0.660. The van der Waals surface area contributed by atoms with Crippen molar-refractivity contribution in [1.82, 2.24) is 0 Å². The Bertz CT molecular complexity index is 604. The molecule has 0 aromatic heterocycles. The number of methoxy groups -OCH3 is 1. The fraction of sp³-hybridized carbons (Fsp3) is 0.200. The first-order valence-electron chi connectivity index (χ1n) is 6.08. The molecular formula is C15H15ClFNO2. The monoisotopic (exact) mass is 295 g/mol. The second-order valence-electron chi connectivity index (χ2n) is 4.17. The third-order valence-electron chi connectivity index (χ3n) is 2.92. The molecule has 0 aliphatic carbocycles. The molecule has 0 fully saturated rings. The van der Waals surface area contributed by atoms with Gasteiger partial charge in [0, 0.05) is 28.8 Å². The lowest BCUT2D eigenvalue weighted by molar-refractivity contribution is 0.296. The number of ether oxygens (including phenoxy) is 2. The van der Waals surface area contributed by atoms with E-state index < -0.39 is 0 Å². The Labute approximate surface area is 122 Å². The summed E-state index contributed by atoms with van der Waals surface area (Å²) in [6.45, 7) is 0.364. The van der Waals surface area contributed by atoms with Crippen molar-refractivity contribution in [2.75, 3.05) is 7.11 Å². The summed E-state index contributed by atoms with van der Waals surface area (Å²) in [6.07, 6.45) is 0. The van der Waals surface area contributed by atoms with Gasteiger partial charge in [0.05, 0.1) is 7.11 Å². The number of benzene rings is 2. The van der Waals surface area contributed by atoms with Crippen molar-refractivity contribution >= 4 is 11.6 Å². The van der Waals surface area contributed by atoms with E-state index in [1.54, 1.807) is 30.3 Å². The highest BCUT2D eigenvalue weighted by Crippen LogP contribution is 2.27. The molecule has 106 valence electrons. The Hall–Kier alpha value is -1.78. The molecule has 20 heavy (non-hydrogen) atoms. The molecule has 2 N–H and O–H groups in total. The minimum Gasteiger partial charge on any atom is -0.497 e. The smallest absolute Gasteiger partial charge is 0.133 e. The zero-order chi connectivity index (χ0) is 14.5. The summed E-state index contributed by atoms with van der Waals surface area (Å²) < 4.78 is 24.3. The summed E-state index contributed by atoms with van der Waals surface area (Å²) in [7, 11) is 1.49. The van der Waals surface area contributed by atoms with E-state index in [0.29, 0.717) is 27.6 Å². The van der Waals surface area contributed by atoms with Crippen LogP contribution in [0.15, 0.2) is 36.4 Å². The molecule has 2 aromatic rings. The molecule has 0 heterocycles. The van der Waals surface area contributed by atoms with Crippen molar-refractivity contribution < 1.29 is 13.9 Å². The topological polar surface area (TPSA) is 44.5 Å². The highest BCUT2D eigenvalue weighted by atomic mass is 35.5. The fourth-order valence-electron chi connectivity index (χ4n) is 1.80. The maximum absolute atomic E-state index is 13.8. The lowest BCUT2D eigenvalue weighted by Crippen LogP contribution is -2.04. The van der Waals surface area contributed by atoms with Crippen molar-refractivity contribution in [3.8, 4) is 11.5 Å². The van der Waals surface area contributed by atoms with Gasteiger partial charge in [-0.25, -0.2) is 4.39 Å². The quantitative estimate of drug-likeness (QED) is 0.918. The van der Waals surface area contributed by atoms with E-state index in [2.05, 4.69) is 0 Å². The predicted octanol–water partition coefficient (Wildman–Crippen LogP) is 3.53. The van der Waals surface area contributed by atoms with Gasteiger partial charge in [0.1, 0.15) is 23.9 Å². The molecule has 0 bridgehead atoms. The van der Waals surface area contributed by atoms with Gasteiger partial charge >= 0.3 is 0 Å². The van der Waals surface area contributed by atoms with Crippen LogP contribution in [0.4, 0.5) is 4.39 Å². The van der Waals surface area contributed by atoms with E-state index in [9.17, 15) is 4.39 Å². The van der Waals surface area contributed by atoms with Crippen LogP contribution in [0.2, 0.25) is 5.02 Å². The average molecular weight is 296 g/mol. The van der Waals surface area contributed by atoms with Crippen LogP contribution >= 0.6 is 11.6 Å². The van der Waals surface area contributed by atoms with Crippen LogP contribution in [0.1, 0.15) is 11.1 Å². The molecule has 2 rings (SSSR count). The molecule has 0 unspecified atom stereocenters. The minimum absolute atomic E-state index is 0.100.